The van der Waals surface area contributed by atoms with E-state index in [1.165, 1.54) is 126 Å². The van der Waals surface area contributed by atoms with E-state index < -0.39 is 0 Å². The standard InChI is InChI=1S/2C20H16O.3C14H12O/c1-13-10-14(2)12-15(11-13)16-7-5-8-18-17-6-3-4-9-19(17)21-20(16)18;1-13-9-14(2)11-16(10-13)15-7-8-20-18(12-15)17-5-3-4-6-19(17)21-20;1-9-5-3-7-11-12-8-4-6-10(2)14(12)15-13(9)11;1-9-6-7-13-12(8-9)11-5-3-4-10(2)14(11)15-13;1-9-7-10(2)14-12(8-9)11-5-3-4-6-13(11)15-14/h2*3-12H,1-2H3;3*3-8H,1-2H3. The number of hydrogen-bond acceptors (Lipinski definition) is 5. The van der Waals surface area contributed by atoms with E-state index in [4.69, 9.17) is 22.1 Å². The van der Waals surface area contributed by atoms with Crippen LogP contribution in [0.5, 0.6) is 0 Å². The molecule has 0 radical (unpaired) electrons. The Bertz CT molecular complexity index is 5290. The third-order valence-corrected chi connectivity index (χ3v) is 16.4. The van der Waals surface area contributed by atoms with E-state index in [1.807, 2.05) is 42.5 Å². The van der Waals surface area contributed by atoms with Crippen LogP contribution in [-0.4, -0.2) is 0 Å². The number of aryl methyl sites for hydroxylation is 10. The molecule has 5 nitrogen and oxygen atoms in total. The fourth-order valence-electron chi connectivity index (χ4n) is 12.5. The Balaban J connectivity index is 0.000000102. The Hall–Kier alpha value is -10.4. The van der Waals surface area contributed by atoms with Crippen LogP contribution in [0.15, 0.2) is 253 Å². The number of para-hydroxylation sites is 7. The van der Waals surface area contributed by atoms with Crippen molar-refractivity contribution in [2.75, 3.05) is 0 Å². The Morgan fingerprint density at radius 1 is 0.184 bits per heavy atom. The van der Waals surface area contributed by atoms with Gasteiger partial charge in [0.25, 0.3) is 0 Å². The maximum atomic E-state index is 6.12. The van der Waals surface area contributed by atoms with Gasteiger partial charge in [-0.25, -0.2) is 0 Å². The number of fused-ring (bicyclic) bond motifs is 15. The average molecular weight is 1130 g/mol. The minimum absolute atomic E-state index is 0.948. The van der Waals surface area contributed by atoms with Crippen LogP contribution in [0, 0.1) is 69.2 Å². The summed E-state index contributed by atoms with van der Waals surface area (Å²) < 4.78 is 29.6. The first-order valence-corrected chi connectivity index (χ1v) is 29.8. The van der Waals surface area contributed by atoms with Crippen molar-refractivity contribution < 1.29 is 22.1 Å². The van der Waals surface area contributed by atoms with Crippen molar-refractivity contribution in [3.8, 4) is 22.3 Å². The van der Waals surface area contributed by atoms with Gasteiger partial charge in [0.15, 0.2) is 0 Å². The second-order valence-electron chi connectivity index (χ2n) is 23.5. The van der Waals surface area contributed by atoms with E-state index in [0.717, 1.165) is 61.4 Å². The predicted octanol–water partition coefficient (Wildman–Crippen LogP) is 24.3. The average Bonchev–Trinajstić information content (AvgIpc) is 2.65. The molecule has 0 aliphatic carbocycles. The van der Waals surface area contributed by atoms with Crippen LogP contribution in [0.4, 0.5) is 0 Å². The lowest BCUT2D eigenvalue weighted by atomic mass is 9.99. The molecule has 17 rings (SSSR count). The molecule has 0 N–H and O–H groups in total. The Morgan fingerprint density at radius 2 is 0.552 bits per heavy atom. The van der Waals surface area contributed by atoms with Crippen LogP contribution < -0.4 is 0 Å². The predicted molar refractivity (Wildman–Crippen MR) is 367 cm³/mol. The summed E-state index contributed by atoms with van der Waals surface area (Å²) in [7, 11) is 0. The molecule has 0 amide bonds. The molecule has 426 valence electrons. The zero-order valence-electron chi connectivity index (χ0n) is 51.0. The first-order chi connectivity index (χ1) is 42.2. The molecule has 5 aromatic heterocycles. The third-order valence-electron chi connectivity index (χ3n) is 16.4. The van der Waals surface area contributed by atoms with Crippen LogP contribution in [0.1, 0.15) is 55.6 Å². The topological polar surface area (TPSA) is 65.7 Å². The maximum absolute atomic E-state index is 6.12. The van der Waals surface area contributed by atoms with E-state index in [0.29, 0.717) is 0 Å². The zero-order chi connectivity index (χ0) is 60.0. The summed E-state index contributed by atoms with van der Waals surface area (Å²) in [5.74, 6) is 0. The van der Waals surface area contributed by atoms with Gasteiger partial charge in [-0.1, -0.05) is 210 Å². The van der Waals surface area contributed by atoms with Gasteiger partial charge in [-0.15, -0.1) is 0 Å². The molecule has 0 bridgehead atoms. The molecule has 12 aromatic carbocycles. The zero-order valence-corrected chi connectivity index (χ0v) is 51.0. The molecule has 0 unspecified atom stereocenters. The highest BCUT2D eigenvalue weighted by molar-refractivity contribution is 6.11. The molecule has 0 spiro atoms. The highest BCUT2D eigenvalue weighted by Gasteiger charge is 2.15. The molecule has 0 saturated heterocycles. The molecular weight excluding hydrogens is 1060 g/mol. The molecule has 5 heteroatoms. The fourth-order valence-corrected chi connectivity index (χ4v) is 12.5. The molecule has 0 fully saturated rings. The van der Waals surface area contributed by atoms with Crippen molar-refractivity contribution in [2.24, 2.45) is 0 Å². The molecule has 0 saturated carbocycles. The van der Waals surface area contributed by atoms with Crippen LogP contribution >= 0.6 is 0 Å². The van der Waals surface area contributed by atoms with Gasteiger partial charge in [0, 0.05) is 59.4 Å². The highest BCUT2D eigenvalue weighted by Crippen LogP contribution is 2.38. The number of benzene rings is 12. The first-order valence-electron chi connectivity index (χ1n) is 29.8. The summed E-state index contributed by atoms with van der Waals surface area (Å²) in [5, 5.41) is 12.0. The SMILES string of the molecule is Cc1cc(C)c2oc3ccccc3c2c1.Cc1cc(C)cc(-c2ccc3oc4ccccc4c3c2)c1.Cc1cc(C)cc(-c2cccc3c2oc2ccccc23)c1.Cc1ccc2oc3c(C)cccc3c2c1.Cc1cccc2c1oc1c(C)cccc12. The van der Waals surface area contributed by atoms with Gasteiger partial charge >= 0.3 is 0 Å². The maximum Gasteiger partial charge on any atom is 0.143 e. The van der Waals surface area contributed by atoms with Crippen LogP contribution in [0.2, 0.25) is 0 Å². The first kappa shape index (κ1) is 55.8. The Kier molecular flexibility index (Phi) is 14.9. The quantitative estimate of drug-likeness (QED) is 0.173. The number of furan rings is 5. The summed E-state index contributed by atoms with van der Waals surface area (Å²) in [6.07, 6.45) is 0. The normalized spacial score (nSPS) is 11.3. The van der Waals surface area contributed by atoms with E-state index in [9.17, 15) is 0 Å². The van der Waals surface area contributed by atoms with Crippen molar-refractivity contribution in [3.63, 3.8) is 0 Å². The van der Waals surface area contributed by atoms with Crippen molar-refractivity contribution in [1.82, 2.24) is 0 Å². The lowest BCUT2D eigenvalue weighted by Crippen LogP contribution is -1.83. The van der Waals surface area contributed by atoms with Gasteiger partial charge in [0.1, 0.15) is 55.8 Å². The molecule has 87 heavy (non-hydrogen) atoms. The minimum atomic E-state index is 0.948. The lowest BCUT2D eigenvalue weighted by Gasteiger charge is -2.06. The summed E-state index contributed by atoms with van der Waals surface area (Å²) in [6, 6.07) is 80.2. The Morgan fingerprint density at radius 3 is 1.13 bits per heavy atom. The van der Waals surface area contributed by atoms with Gasteiger partial charge in [-0.05, 0) is 162 Å². The van der Waals surface area contributed by atoms with Gasteiger partial charge in [0.05, 0.1) is 0 Å². The summed E-state index contributed by atoms with van der Waals surface area (Å²) in [4.78, 5) is 0. The number of hydrogen-bond donors (Lipinski definition) is 0. The van der Waals surface area contributed by atoms with Crippen molar-refractivity contribution in [2.45, 2.75) is 69.2 Å². The number of rotatable bonds is 2. The van der Waals surface area contributed by atoms with Gasteiger partial charge < -0.3 is 22.1 Å². The van der Waals surface area contributed by atoms with Crippen molar-refractivity contribution in [1.29, 1.82) is 0 Å². The van der Waals surface area contributed by atoms with Crippen molar-refractivity contribution in [3.05, 3.63) is 286 Å². The smallest absolute Gasteiger partial charge is 0.143 e. The highest BCUT2D eigenvalue weighted by atomic mass is 16.3. The second-order valence-corrected chi connectivity index (χ2v) is 23.5. The van der Waals surface area contributed by atoms with Gasteiger partial charge in [-0.3, -0.25) is 0 Å². The monoisotopic (exact) mass is 1130 g/mol. The minimum Gasteiger partial charge on any atom is -0.456 e. The van der Waals surface area contributed by atoms with E-state index >= 15 is 0 Å². The van der Waals surface area contributed by atoms with E-state index in [2.05, 4.69) is 257 Å². The summed E-state index contributed by atoms with van der Waals surface area (Å²) >= 11 is 0. The lowest BCUT2D eigenvalue weighted by molar-refractivity contribution is 0.662. The van der Waals surface area contributed by atoms with Crippen LogP contribution in [-0.2, 0) is 0 Å². The second kappa shape index (κ2) is 23.2. The third kappa shape index (κ3) is 11.1. The van der Waals surface area contributed by atoms with E-state index in [-0.39, 0.29) is 0 Å². The molecular formula is C82H68O5. The van der Waals surface area contributed by atoms with Gasteiger partial charge in [-0.2, -0.15) is 0 Å². The Labute approximate surface area is 506 Å². The van der Waals surface area contributed by atoms with E-state index in [1.54, 1.807) is 0 Å². The van der Waals surface area contributed by atoms with Crippen LogP contribution in [0.25, 0.3) is 132 Å². The summed E-state index contributed by atoms with van der Waals surface area (Å²) in [5.41, 5.74) is 27.2. The largest absolute Gasteiger partial charge is 0.456 e. The summed E-state index contributed by atoms with van der Waals surface area (Å²) in [6.45, 7) is 21.1. The van der Waals surface area contributed by atoms with Gasteiger partial charge in [0.2, 0.25) is 0 Å². The molecule has 0 aliphatic heterocycles. The van der Waals surface area contributed by atoms with Crippen LogP contribution in [0.3, 0.4) is 0 Å². The van der Waals surface area contributed by atoms with Crippen molar-refractivity contribution >= 4 is 110 Å². The molecule has 0 aliphatic rings. The molecule has 17 aromatic rings. The molecule has 0 atom stereocenters. The molecule has 5 heterocycles. The fraction of sp³-hybridized carbons (Fsp3) is 0.122.